The van der Waals surface area contributed by atoms with Crippen molar-refractivity contribution >= 4 is 33.4 Å². The Bertz CT molecular complexity index is 527. The van der Waals surface area contributed by atoms with Crippen LogP contribution in [0.5, 0.6) is 0 Å². The van der Waals surface area contributed by atoms with Crippen LogP contribution in [0.1, 0.15) is 36.0 Å². The minimum atomic E-state index is -4.13. The van der Waals surface area contributed by atoms with Gasteiger partial charge in [-0.05, 0) is 59.8 Å². The SMILES string of the molecule is O=C(NC1CCC(C(F)(F)F)CC1)c1ccc(Cl)c(Br)c1. The smallest absolute Gasteiger partial charge is 0.349 e. The number of benzene rings is 1. The van der Waals surface area contributed by atoms with Gasteiger partial charge in [0, 0.05) is 16.1 Å². The fraction of sp³-hybridized carbons (Fsp3) is 0.500. The van der Waals surface area contributed by atoms with E-state index in [1.54, 1.807) is 18.2 Å². The number of hydrogen-bond donors (Lipinski definition) is 1. The normalized spacial score (nSPS) is 22.9. The van der Waals surface area contributed by atoms with Gasteiger partial charge in [-0.1, -0.05) is 11.6 Å². The van der Waals surface area contributed by atoms with E-state index in [4.69, 9.17) is 11.6 Å². The highest BCUT2D eigenvalue weighted by molar-refractivity contribution is 9.10. The lowest BCUT2D eigenvalue weighted by Gasteiger charge is -2.30. The molecular weight excluding hydrogens is 371 g/mol. The van der Waals surface area contributed by atoms with E-state index in [2.05, 4.69) is 21.2 Å². The quantitative estimate of drug-likeness (QED) is 0.768. The molecule has 0 radical (unpaired) electrons. The molecule has 0 aromatic heterocycles. The standard InChI is InChI=1S/C14H14BrClF3NO/c15-11-7-8(1-6-12(11)16)13(21)20-10-4-2-9(3-5-10)14(17,18)19/h1,6-7,9-10H,2-5H2,(H,20,21). The fourth-order valence-electron chi connectivity index (χ4n) is 2.47. The number of amides is 1. The molecule has 1 aromatic rings. The Morgan fingerprint density at radius 1 is 1.24 bits per heavy atom. The van der Waals surface area contributed by atoms with E-state index >= 15 is 0 Å². The van der Waals surface area contributed by atoms with Gasteiger partial charge in [0.15, 0.2) is 0 Å². The van der Waals surface area contributed by atoms with E-state index < -0.39 is 12.1 Å². The average Bonchev–Trinajstić information content (AvgIpc) is 2.41. The predicted octanol–water partition coefficient (Wildman–Crippen LogP) is 4.95. The van der Waals surface area contributed by atoms with Crippen molar-refractivity contribution in [1.82, 2.24) is 5.32 Å². The van der Waals surface area contributed by atoms with Gasteiger partial charge in [0.2, 0.25) is 0 Å². The van der Waals surface area contributed by atoms with Crippen LogP contribution >= 0.6 is 27.5 Å². The van der Waals surface area contributed by atoms with Crippen LogP contribution in [0.25, 0.3) is 0 Å². The van der Waals surface area contributed by atoms with Crippen molar-refractivity contribution in [2.45, 2.75) is 37.9 Å². The summed E-state index contributed by atoms with van der Waals surface area (Å²) in [7, 11) is 0. The zero-order valence-electron chi connectivity index (χ0n) is 11.0. The number of alkyl halides is 3. The van der Waals surface area contributed by atoms with Crippen LogP contribution in [0.2, 0.25) is 5.02 Å². The number of halogens is 5. The van der Waals surface area contributed by atoms with Crippen molar-refractivity contribution in [1.29, 1.82) is 0 Å². The van der Waals surface area contributed by atoms with Crippen LogP contribution in [-0.4, -0.2) is 18.1 Å². The third-order valence-electron chi connectivity index (χ3n) is 3.71. The summed E-state index contributed by atoms with van der Waals surface area (Å²) >= 11 is 9.08. The fourth-order valence-corrected chi connectivity index (χ4v) is 2.97. The van der Waals surface area contributed by atoms with E-state index in [1.165, 1.54) is 0 Å². The third-order valence-corrected chi connectivity index (χ3v) is 4.92. The first kappa shape index (κ1) is 16.6. The van der Waals surface area contributed by atoms with E-state index in [0.717, 1.165) is 0 Å². The summed E-state index contributed by atoms with van der Waals surface area (Å²) in [5.74, 6) is -1.53. The monoisotopic (exact) mass is 383 g/mol. The molecule has 0 unspecified atom stereocenters. The summed E-state index contributed by atoms with van der Waals surface area (Å²) in [6, 6.07) is 4.58. The summed E-state index contributed by atoms with van der Waals surface area (Å²) in [4.78, 5) is 12.1. The molecular formula is C14H14BrClF3NO. The molecule has 1 saturated carbocycles. The zero-order valence-corrected chi connectivity index (χ0v) is 13.4. The maximum Gasteiger partial charge on any atom is 0.391 e. The minimum absolute atomic E-state index is 0.0682. The average molecular weight is 385 g/mol. The summed E-state index contributed by atoms with van der Waals surface area (Å²) in [5, 5.41) is 3.28. The molecule has 116 valence electrons. The van der Waals surface area contributed by atoms with Crippen molar-refractivity contribution in [3.8, 4) is 0 Å². The van der Waals surface area contributed by atoms with Gasteiger partial charge in [-0.3, -0.25) is 4.79 Å². The van der Waals surface area contributed by atoms with E-state index in [1.807, 2.05) is 0 Å². The molecule has 2 nitrogen and oxygen atoms in total. The lowest BCUT2D eigenvalue weighted by molar-refractivity contribution is -0.182. The lowest BCUT2D eigenvalue weighted by Crippen LogP contribution is -2.40. The van der Waals surface area contributed by atoms with Crippen molar-refractivity contribution in [3.63, 3.8) is 0 Å². The Morgan fingerprint density at radius 2 is 1.86 bits per heavy atom. The van der Waals surface area contributed by atoms with Crippen LogP contribution in [0.15, 0.2) is 22.7 Å². The van der Waals surface area contributed by atoms with Gasteiger partial charge in [0.05, 0.1) is 10.9 Å². The molecule has 0 spiro atoms. The highest BCUT2D eigenvalue weighted by Gasteiger charge is 2.41. The number of carbonyl (C=O) groups excluding carboxylic acids is 1. The maximum atomic E-state index is 12.6. The van der Waals surface area contributed by atoms with Gasteiger partial charge in [-0.2, -0.15) is 13.2 Å². The molecule has 1 amide bonds. The van der Waals surface area contributed by atoms with Crippen molar-refractivity contribution < 1.29 is 18.0 Å². The number of rotatable bonds is 2. The second-order valence-corrected chi connectivity index (χ2v) is 6.45. The summed E-state index contributed by atoms with van der Waals surface area (Å²) < 4.78 is 38.3. The largest absolute Gasteiger partial charge is 0.391 e. The molecule has 1 aliphatic carbocycles. The molecule has 2 rings (SSSR count). The first-order valence-corrected chi connectivity index (χ1v) is 7.77. The second-order valence-electron chi connectivity index (χ2n) is 5.19. The molecule has 1 N–H and O–H groups in total. The Labute approximate surface area is 134 Å². The Kier molecular flexibility index (Phi) is 5.20. The first-order valence-electron chi connectivity index (χ1n) is 6.60. The molecule has 7 heteroatoms. The molecule has 0 aliphatic heterocycles. The highest BCUT2D eigenvalue weighted by atomic mass is 79.9. The van der Waals surface area contributed by atoms with Gasteiger partial charge in [0.25, 0.3) is 5.91 Å². The lowest BCUT2D eigenvalue weighted by atomic mass is 9.85. The number of nitrogens with one attached hydrogen (secondary N) is 1. The maximum absolute atomic E-state index is 12.6. The van der Waals surface area contributed by atoms with Gasteiger partial charge >= 0.3 is 6.18 Å². The third kappa shape index (κ3) is 4.36. The van der Waals surface area contributed by atoms with Crippen LogP contribution in [0, 0.1) is 5.92 Å². The summed E-state index contributed by atoms with van der Waals surface area (Å²) in [6.07, 6.45) is -3.29. The molecule has 0 heterocycles. The molecule has 0 bridgehead atoms. The van der Waals surface area contributed by atoms with Gasteiger partial charge < -0.3 is 5.32 Å². The van der Waals surface area contributed by atoms with Crippen molar-refractivity contribution in [2.75, 3.05) is 0 Å². The first-order chi connectivity index (χ1) is 9.77. The van der Waals surface area contributed by atoms with E-state index in [9.17, 15) is 18.0 Å². The van der Waals surface area contributed by atoms with E-state index in [-0.39, 0.29) is 24.8 Å². The topological polar surface area (TPSA) is 29.1 Å². The Morgan fingerprint density at radius 3 is 2.38 bits per heavy atom. The van der Waals surface area contributed by atoms with Gasteiger partial charge in [-0.15, -0.1) is 0 Å². The molecule has 1 fully saturated rings. The molecule has 1 aromatic carbocycles. The van der Waals surface area contributed by atoms with Crippen LogP contribution in [0.3, 0.4) is 0 Å². The van der Waals surface area contributed by atoms with Crippen LogP contribution < -0.4 is 5.32 Å². The van der Waals surface area contributed by atoms with Crippen molar-refractivity contribution in [3.05, 3.63) is 33.3 Å². The van der Waals surface area contributed by atoms with Crippen LogP contribution in [0.4, 0.5) is 13.2 Å². The second kappa shape index (κ2) is 6.57. The minimum Gasteiger partial charge on any atom is -0.349 e. The highest BCUT2D eigenvalue weighted by Crippen LogP contribution is 2.37. The molecule has 1 aliphatic rings. The Hall–Kier alpha value is -0.750. The summed E-state index contributed by atoms with van der Waals surface area (Å²) in [5.41, 5.74) is 0.434. The van der Waals surface area contributed by atoms with Gasteiger partial charge in [-0.25, -0.2) is 0 Å². The van der Waals surface area contributed by atoms with Crippen molar-refractivity contribution in [2.24, 2.45) is 5.92 Å². The number of carbonyl (C=O) groups is 1. The van der Waals surface area contributed by atoms with Gasteiger partial charge in [0.1, 0.15) is 0 Å². The number of hydrogen-bond acceptors (Lipinski definition) is 1. The van der Waals surface area contributed by atoms with Crippen LogP contribution in [-0.2, 0) is 0 Å². The molecule has 0 atom stereocenters. The summed E-state index contributed by atoms with van der Waals surface area (Å²) in [6.45, 7) is 0. The zero-order chi connectivity index (χ0) is 15.6. The molecule has 0 saturated heterocycles. The Balaban J connectivity index is 1.91. The van der Waals surface area contributed by atoms with E-state index in [0.29, 0.717) is 27.9 Å². The molecule has 21 heavy (non-hydrogen) atoms. The predicted molar refractivity (Wildman–Crippen MR) is 78.4 cm³/mol.